The van der Waals surface area contributed by atoms with Crippen LogP contribution in [0.25, 0.3) is 0 Å². The number of hydrogen-bond donors (Lipinski definition) is 0. The second-order valence-corrected chi connectivity index (χ2v) is 5.74. The third-order valence-electron chi connectivity index (χ3n) is 4.48. The molecule has 1 saturated carbocycles. The van der Waals surface area contributed by atoms with Crippen LogP contribution in [0.1, 0.15) is 49.7 Å². The molecule has 0 atom stereocenters. The first kappa shape index (κ1) is 11.3. The molecule has 1 nitrogen and oxygen atoms in total. The molecule has 2 aliphatic carbocycles. The molecule has 0 bridgehead atoms. The largest absolute Gasteiger partial charge is 0.299 e. The molecule has 0 radical (unpaired) electrons. The molecular weight excluding hydrogens is 232 g/mol. The summed E-state index contributed by atoms with van der Waals surface area (Å²) >= 11 is 6.28. The van der Waals surface area contributed by atoms with Crippen LogP contribution in [0, 0.1) is 0 Å². The number of rotatable bonds is 0. The molecule has 0 unspecified atom stereocenters. The highest BCUT2D eigenvalue weighted by Crippen LogP contribution is 2.46. The minimum Gasteiger partial charge on any atom is -0.299 e. The van der Waals surface area contributed by atoms with Gasteiger partial charge in [0.15, 0.2) is 0 Å². The molecule has 0 aromatic heterocycles. The topological polar surface area (TPSA) is 17.1 Å². The third kappa shape index (κ3) is 1.63. The number of carbonyl (C=O) groups is 1. The van der Waals surface area contributed by atoms with Crippen molar-refractivity contribution in [2.75, 3.05) is 0 Å². The van der Waals surface area contributed by atoms with Crippen molar-refractivity contribution >= 4 is 17.4 Å². The summed E-state index contributed by atoms with van der Waals surface area (Å²) in [5.74, 6) is 0.451. The van der Waals surface area contributed by atoms with E-state index in [1.165, 1.54) is 30.4 Å². The van der Waals surface area contributed by atoms with E-state index in [4.69, 9.17) is 11.6 Å². The lowest BCUT2D eigenvalue weighted by Crippen LogP contribution is -2.41. The first-order valence-corrected chi connectivity index (χ1v) is 6.93. The van der Waals surface area contributed by atoms with Gasteiger partial charge in [0.05, 0.1) is 5.41 Å². The van der Waals surface area contributed by atoms with Crippen LogP contribution < -0.4 is 0 Å². The summed E-state index contributed by atoms with van der Waals surface area (Å²) in [5.41, 5.74) is 2.29. The van der Waals surface area contributed by atoms with E-state index in [0.717, 1.165) is 24.3 Å². The van der Waals surface area contributed by atoms with E-state index in [0.29, 0.717) is 12.2 Å². The molecule has 2 heteroatoms. The molecule has 0 aliphatic heterocycles. The van der Waals surface area contributed by atoms with Crippen molar-refractivity contribution in [2.24, 2.45) is 0 Å². The average Bonchev–Trinajstić information content (AvgIpc) is 2.36. The van der Waals surface area contributed by atoms with Gasteiger partial charge in [-0.3, -0.25) is 4.79 Å². The fourth-order valence-electron chi connectivity index (χ4n) is 3.59. The van der Waals surface area contributed by atoms with Gasteiger partial charge in [-0.15, -0.1) is 0 Å². The number of carbonyl (C=O) groups excluding carboxylic acids is 1. The lowest BCUT2D eigenvalue weighted by molar-refractivity contribution is -0.126. The Morgan fingerprint density at radius 2 is 1.82 bits per heavy atom. The summed E-state index contributed by atoms with van der Waals surface area (Å²) in [6.07, 6.45) is 7.19. The number of halogens is 1. The summed E-state index contributed by atoms with van der Waals surface area (Å²) in [6.45, 7) is 0. The number of benzene rings is 1. The smallest absolute Gasteiger partial charge is 0.143 e. The zero-order chi connectivity index (χ0) is 11.9. The lowest BCUT2D eigenvalue weighted by Gasteiger charge is -2.41. The Hall–Kier alpha value is -0.820. The molecule has 1 aromatic carbocycles. The first-order valence-electron chi connectivity index (χ1n) is 6.55. The van der Waals surface area contributed by atoms with E-state index < -0.39 is 0 Å². The van der Waals surface area contributed by atoms with E-state index in [2.05, 4.69) is 6.07 Å². The van der Waals surface area contributed by atoms with Crippen LogP contribution in [0.4, 0.5) is 0 Å². The van der Waals surface area contributed by atoms with Crippen LogP contribution in [0.5, 0.6) is 0 Å². The van der Waals surface area contributed by atoms with Crippen molar-refractivity contribution in [3.8, 4) is 0 Å². The maximum atomic E-state index is 12.4. The molecular formula is C15H17ClO. The maximum absolute atomic E-state index is 12.4. The molecule has 0 saturated heterocycles. The quantitative estimate of drug-likeness (QED) is 0.677. The van der Waals surface area contributed by atoms with Gasteiger partial charge in [-0.2, -0.15) is 0 Å². The number of Topliss-reactive ketones (excluding diaryl/α,β-unsaturated/α-hetero) is 1. The number of hydrogen-bond acceptors (Lipinski definition) is 1. The Bertz CT molecular complexity index is 458. The zero-order valence-electron chi connectivity index (χ0n) is 9.97. The monoisotopic (exact) mass is 248 g/mol. The zero-order valence-corrected chi connectivity index (χ0v) is 10.7. The molecule has 1 aromatic rings. The summed E-state index contributed by atoms with van der Waals surface area (Å²) in [7, 11) is 0. The van der Waals surface area contributed by atoms with Crippen molar-refractivity contribution in [1.29, 1.82) is 0 Å². The second-order valence-electron chi connectivity index (χ2n) is 5.33. The fourth-order valence-corrected chi connectivity index (χ4v) is 3.86. The molecule has 2 aliphatic rings. The van der Waals surface area contributed by atoms with Crippen LogP contribution in [0.3, 0.4) is 0 Å². The summed E-state index contributed by atoms with van der Waals surface area (Å²) in [6, 6.07) is 6.08. The average molecular weight is 249 g/mol. The third-order valence-corrected chi connectivity index (χ3v) is 4.83. The van der Waals surface area contributed by atoms with Crippen LogP contribution in [-0.4, -0.2) is 5.78 Å². The molecule has 1 spiro atoms. The standard InChI is InChI=1S/C15H17ClO/c16-13-6-4-5-12-11(13)7-8-14(17)15(12)9-2-1-3-10-15/h4-6H,1-3,7-10H2. The predicted octanol–water partition coefficient (Wildman–Crippen LogP) is 4.06. The van der Waals surface area contributed by atoms with Crippen LogP contribution in [0.2, 0.25) is 5.02 Å². The van der Waals surface area contributed by atoms with E-state index in [1.54, 1.807) is 0 Å². The molecule has 1 fully saturated rings. The second kappa shape index (κ2) is 4.13. The molecule has 3 rings (SSSR count). The Kier molecular flexibility index (Phi) is 2.74. The summed E-state index contributed by atoms with van der Waals surface area (Å²) in [4.78, 5) is 12.4. The van der Waals surface area contributed by atoms with Gasteiger partial charge >= 0.3 is 0 Å². The van der Waals surface area contributed by atoms with Gasteiger partial charge in [0.1, 0.15) is 5.78 Å². The summed E-state index contributed by atoms with van der Waals surface area (Å²) in [5, 5.41) is 0.847. The molecule has 17 heavy (non-hydrogen) atoms. The van der Waals surface area contributed by atoms with E-state index in [-0.39, 0.29) is 5.41 Å². The highest BCUT2D eigenvalue weighted by molar-refractivity contribution is 6.31. The van der Waals surface area contributed by atoms with Crippen molar-refractivity contribution in [3.63, 3.8) is 0 Å². The van der Waals surface area contributed by atoms with Gasteiger partial charge in [0.25, 0.3) is 0 Å². The highest BCUT2D eigenvalue weighted by Gasteiger charge is 2.44. The van der Waals surface area contributed by atoms with Crippen LogP contribution in [-0.2, 0) is 16.6 Å². The van der Waals surface area contributed by atoms with Crippen molar-refractivity contribution < 1.29 is 4.79 Å². The Balaban J connectivity index is 2.16. The van der Waals surface area contributed by atoms with E-state index >= 15 is 0 Å². The van der Waals surface area contributed by atoms with Crippen LogP contribution >= 0.6 is 11.6 Å². The van der Waals surface area contributed by atoms with Gasteiger partial charge in [0, 0.05) is 11.4 Å². The highest BCUT2D eigenvalue weighted by atomic mass is 35.5. The SMILES string of the molecule is O=C1CCc2c(Cl)cccc2C12CCCCC2. The molecule has 0 N–H and O–H groups in total. The van der Waals surface area contributed by atoms with Crippen LogP contribution in [0.15, 0.2) is 18.2 Å². The normalized spacial score (nSPS) is 22.5. The minimum absolute atomic E-state index is 0.184. The molecule has 0 amide bonds. The Morgan fingerprint density at radius 3 is 2.59 bits per heavy atom. The Morgan fingerprint density at radius 1 is 1.06 bits per heavy atom. The van der Waals surface area contributed by atoms with Gasteiger partial charge in [-0.1, -0.05) is 43.0 Å². The Labute approximate surface area is 107 Å². The minimum atomic E-state index is -0.184. The van der Waals surface area contributed by atoms with Gasteiger partial charge < -0.3 is 0 Å². The van der Waals surface area contributed by atoms with E-state index in [1.807, 2.05) is 12.1 Å². The van der Waals surface area contributed by atoms with Crippen molar-refractivity contribution in [2.45, 2.75) is 50.4 Å². The number of fused-ring (bicyclic) bond motifs is 2. The first-order chi connectivity index (χ1) is 8.24. The number of ketones is 1. The van der Waals surface area contributed by atoms with Crippen molar-refractivity contribution in [1.82, 2.24) is 0 Å². The maximum Gasteiger partial charge on any atom is 0.143 e. The van der Waals surface area contributed by atoms with Gasteiger partial charge in [-0.25, -0.2) is 0 Å². The van der Waals surface area contributed by atoms with Crippen molar-refractivity contribution in [3.05, 3.63) is 34.3 Å². The summed E-state index contributed by atoms with van der Waals surface area (Å²) < 4.78 is 0. The predicted molar refractivity (Wildman–Crippen MR) is 69.5 cm³/mol. The fraction of sp³-hybridized carbons (Fsp3) is 0.533. The van der Waals surface area contributed by atoms with Gasteiger partial charge in [-0.05, 0) is 36.5 Å². The molecule has 0 heterocycles. The molecule has 90 valence electrons. The lowest BCUT2D eigenvalue weighted by atomic mass is 9.62. The van der Waals surface area contributed by atoms with Gasteiger partial charge in [0.2, 0.25) is 0 Å². The van der Waals surface area contributed by atoms with E-state index in [9.17, 15) is 4.79 Å².